The zero-order valence-electron chi connectivity index (χ0n) is 18.5. The van der Waals surface area contributed by atoms with Crippen molar-refractivity contribution < 1.29 is 18.8 Å². The zero-order chi connectivity index (χ0) is 22.9. The van der Waals surface area contributed by atoms with E-state index in [9.17, 15) is 14.3 Å². The van der Waals surface area contributed by atoms with E-state index in [0.717, 1.165) is 22.6 Å². The summed E-state index contributed by atoms with van der Waals surface area (Å²) in [5.41, 5.74) is 2.04. The van der Waals surface area contributed by atoms with Gasteiger partial charge in [-0.25, -0.2) is 4.39 Å². The average molecular weight is 438 g/mol. The SMILES string of the molecule is Cc1noc(C)c1CN1CC[C@@](C)(O)[C@@H](NC(=O)c2ccc(F)cc2)[C@@H]1c1ccccc1. The maximum atomic E-state index is 13.3. The molecule has 168 valence electrons. The van der Waals surface area contributed by atoms with Gasteiger partial charge < -0.3 is 14.9 Å². The maximum Gasteiger partial charge on any atom is 0.251 e. The molecular formula is C25H28FN3O3. The number of amides is 1. The van der Waals surface area contributed by atoms with Crippen molar-refractivity contribution in [1.29, 1.82) is 0 Å². The number of hydrogen-bond acceptors (Lipinski definition) is 5. The van der Waals surface area contributed by atoms with Gasteiger partial charge >= 0.3 is 0 Å². The molecule has 2 heterocycles. The second kappa shape index (κ2) is 8.84. The number of rotatable bonds is 5. The van der Waals surface area contributed by atoms with Crippen molar-refractivity contribution in [2.75, 3.05) is 6.54 Å². The molecule has 1 aliphatic rings. The van der Waals surface area contributed by atoms with Gasteiger partial charge in [0.1, 0.15) is 11.6 Å². The summed E-state index contributed by atoms with van der Waals surface area (Å²) in [6.07, 6.45) is 0.480. The fraction of sp³-hybridized carbons (Fsp3) is 0.360. The van der Waals surface area contributed by atoms with Crippen LogP contribution in [-0.4, -0.2) is 39.3 Å². The Labute approximate surface area is 187 Å². The molecule has 7 heteroatoms. The summed E-state index contributed by atoms with van der Waals surface area (Å²) in [5, 5.41) is 18.4. The van der Waals surface area contributed by atoms with E-state index in [1.807, 2.05) is 44.2 Å². The summed E-state index contributed by atoms with van der Waals surface area (Å²) in [6, 6.07) is 14.4. The number of aliphatic hydroxyl groups is 1. The minimum absolute atomic E-state index is 0.280. The molecule has 1 aromatic heterocycles. The average Bonchev–Trinajstić information content (AvgIpc) is 3.09. The molecule has 0 aliphatic carbocycles. The van der Waals surface area contributed by atoms with Crippen molar-refractivity contribution in [2.24, 2.45) is 0 Å². The molecule has 0 saturated carbocycles. The summed E-state index contributed by atoms with van der Waals surface area (Å²) < 4.78 is 18.7. The number of nitrogens with zero attached hydrogens (tertiary/aromatic N) is 2. The lowest BCUT2D eigenvalue weighted by Crippen LogP contribution is -2.62. The molecule has 4 rings (SSSR count). The van der Waals surface area contributed by atoms with E-state index in [4.69, 9.17) is 4.52 Å². The Morgan fingerprint density at radius 3 is 2.53 bits per heavy atom. The molecule has 3 atom stereocenters. The lowest BCUT2D eigenvalue weighted by molar-refractivity contribution is -0.0666. The molecule has 32 heavy (non-hydrogen) atoms. The Kier molecular flexibility index (Phi) is 6.13. The van der Waals surface area contributed by atoms with E-state index in [1.54, 1.807) is 6.92 Å². The molecular weight excluding hydrogens is 409 g/mol. The van der Waals surface area contributed by atoms with Gasteiger partial charge in [0.15, 0.2) is 0 Å². The first kappa shape index (κ1) is 22.2. The molecule has 0 radical (unpaired) electrons. The highest BCUT2D eigenvalue weighted by Gasteiger charge is 2.46. The number of benzene rings is 2. The fourth-order valence-corrected chi connectivity index (χ4v) is 4.44. The summed E-state index contributed by atoms with van der Waals surface area (Å²) in [5.74, 6) is 0.00736. The van der Waals surface area contributed by atoms with Crippen LogP contribution < -0.4 is 5.32 Å². The summed E-state index contributed by atoms with van der Waals surface area (Å²) >= 11 is 0. The molecule has 2 aromatic carbocycles. The largest absolute Gasteiger partial charge is 0.388 e. The van der Waals surface area contributed by atoms with Crippen LogP contribution in [0.25, 0.3) is 0 Å². The first-order valence-corrected chi connectivity index (χ1v) is 10.8. The van der Waals surface area contributed by atoms with Crippen LogP contribution in [0.5, 0.6) is 0 Å². The second-order valence-corrected chi connectivity index (χ2v) is 8.69. The van der Waals surface area contributed by atoms with Gasteiger partial charge in [-0.2, -0.15) is 0 Å². The van der Waals surface area contributed by atoms with Crippen molar-refractivity contribution in [3.8, 4) is 0 Å². The molecule has 0 bridgehead atoms. The lowest BCUT2D eigenvalue weighted by atomic mass is 9.79. The van der Waals surface area contributed by atoms with Crippen molar-refractivity contribution >= 4 is 5.91 Å². The highest BCUT2D eigenvalue weighted by Crippen LogP contribution is 2.38. The highest BCUT2D eigenvalue weighted by molar-refractivity contribution is 5.94. The van der Waals surface area contributed by atoms with Crippen LogP contribution in [-0.2, 0) is 6.54 Å². The van der Waals surface area contributed by atoms with Crippen molar-refractivity contribution in [3.63, 3.8) is 0 Å². The van der Waals surface area contributed by atoms with Crippen molar-refractivity contribution in [2.45, 2.75) is 51.4 Å². The number of aromatic nitrogens is 1. The number of nitrogens with one attached hydrogen (secondary N) is 1. The quantitative estimate of drug-likeness (QED) is 0.632. The van der Waals surface area contributed by atoms with Gasteiger partial charge in [0, 0.05) is 24.2 Å². The topological polar surface area (TPSA) is 78.6 Å². The Bertz CT molecular complexity index is 1060. The van der Waals surface area contributed by atoms with Crippen LogP contribution in [0.4, 0.5) is 4.39 Å². The predicted molar refractivity (Wildman–Crippen MR) is 118 cm³/mol. The van der Waals surface area contributed by atoms with Gasteiger partial charge in [0.2, 0.25) is 0 Å². The molecule has 1 saturated heterocycles. The number of hydrogen-bond donors (Lipinski definition) is 2. The number of carbonyl (C=O) groups excluding carboxylic acids is 1. The third kappa shape index (κ3) is 4.45. The third-order valence-corrected chi connectivity index (χ3v) is 6.36. The monoisotopic (exact) mass is 437 g/mol. The van der Waals surface area contributed by atoms with E-state index < -0.39 is 17.5 Å². The van der Waals surface area contributed by atoms with Gasteiger partial charge in [0.25, 0.3) is 5.91 Å². The van der Waals surface area contributed by atoms with Crippen LogP contribution in [0.2, 0.25) is 0 Å². The summed E-state index contributed by atoms with van der Waals surface area (Å²) in [7, 11) is 0. The van der Waals surface area contributed by atoms with E-state index in [0.29, 0.717) is 25.1 Å². The van der Waals surface area contributed by atoms with E-state index in [2.05, 4.69) is 15.4 Å². The smallest absolute Gasteiger partial charge is 0.251 e. The maximum absolute atomic E-state index is 13.3. The Morgan fingerprint density at radius 1 is 1.22 bits per heavy atom. The standard InChI is InChI=1S/C25H28FN3O3/c1-16-21(17(2)32-28-16)15-29-14-13-25(3,31)23(22(29)18-7-5-4-6-8-18)27-24(30)19-9-11-20(26)12-10-19/h4-12,22-23,31H,13-15H2,1-3H3,(H,27,30)/t22-,23-,25+/m0/s1. The number of likely N-dealkylation sites (tertiary alicyclic amines) is 1. The first-order valence-electron chi connectivity index (χ1n) is 10.8. The van der Waals surface area contributed by atoms with Crippen LogP contribution in [0.15, 0.2) is 59.1 Å². The molecule has 2 N–H and O–H groups in total. The molecule has 1 fully saturated rings. The molecule has 3 aromatic rings. The van der Waals surface area contributed by atoms with Crippen LogP contribution in [0, 0.1) is 19.7 Å². The molecule has 1 amide bonds. The molecule has 1 aliphatic heterocycles. The van der Waals surface area contributed by atoms with Crippen molar-refractivity contribution in [1.82, 2.24) is 15.4 Å². The van der Waals surface area contributed by atoms with E-state index in [1.165, 1.54) is 24.3 Å². The van der Waals surface area contributed by atoms with Crippen molar-refractivity contribution in [3.05, 3.63) is 88.6 Å². The number of halogens is 1. The second-order valence-electron chi connectivity index (χ2n) is 8.69. The van der Waals surface area contributed by atoms with Gasteiger partial charge in [0.05, 0.1) is 23.4 Å². The van der Waals surface area contributed by atoms with Crippen LogP contribution >= 0.6 is 0 Å². The van der Waals surface area contributed by atoms with Gasteiger partial charge in [-0.3, -0.25) is 9.69 Å². The molecule has 0 spiro atoms. The van der Waals surface area contributed by atoms with Gasteiger partial charge in [-0.05, 0) is 57.0 Å². The highest BCUT2D eigenvalue weighted by atomic mass is 19.1. The Morgan fingerprint density at radius 2 is 1.91 bits per heavy atom. The van der Waals surface area contributed by atoms with E-state index >= 15 is 0 Å². The van der Waals surface area contributed by atoms with Gasteiger partial charge in [-0.15, -0.1) is 0 Å². The normalized spacial score (nSPS) is 23.8. The fourth-order valence-electron chi connectivity index (χ4n) is 4.44. The third-order valence-electron chi connectivity index (χ3n) is 6.36. The minimum atomic E-state index is -1.13. The summed E-state index contributed by atoms with van der Waals surface area (Å²) in [4.78, 5) is 15.3. The summed E-state index contributed by atoms with van der Waals surface area (Å²) in [6.45, 7) is 6.78. The van der Waals surface area contributed by atoms with Crippen LogP contribution in [0.1, 0.15) is 52.3 Å². The molecule has 0 unspecified atom stereocenters. The molecule has 6 nitrogen and oxygen atoms in total. The Hall–Kier alpha value is -3.03. The number of piperidine rings is 1. The zero-order valence-corrected chi connectivity index (χ0v) is 18.5. The minimum Gasteiger partial charge on any atom is -0.388 e. The number of aryl methyl sites for hydroxylation is 2. The van der Waals surface area contributed by atoms with E-state index in [-0.39, 0.29) is 11.9 Å². The first-order chi connectivity index (χ1) is 15.3. The van der Waals surface area contributed by atoms with Gasteiger partial charge in [-0.1, -0.05) is 35.5 Å². The Balaban J connectivity index is 1.70. The van der Waals surface area contributed by atoms with Crippen LogP contribution in [0.3, 0.4) is 0 Å². The number of carbonyl (C=O) groups is 1. The lowest BCUT2D eigenvalue weighted by Gasteiger charge is -2.49. The predicted octanol–water partition coefficient (Wildman–Crippen LogP) is 3.93.